The summed E-state index contributed by atoms with van der Waals surface area (Å²) in [5.74, 6) is 0. The van der Waals surface area contributed by atoms with Crippen LogP contribution in [0.15, 0.2) is 11.6 Å². The standard InChI is InChI=1S/C13H23F3N2/c1-4-17-9-12(2,3)10-18-7-5-11(6-8-18)13(14,15)16/h5,17H,4,6-10H2,1-3H3. The van der Waals surface area contributed by atoms with Crippen molar-refractivity contribution < 1.29 is 13.2 Å². The van der Waals surface area contributed by atoms with Crippen molar-refractivity contribution in [3.63, 3.8) is 0 Å². The maximum Gasteiger partial charge on any atom is 0.412 e. The van der Waals surface area contributed by atoms with E-state index in [-0.39, 0.29) is 17.4 Å². The van der Waals surface area contributed by atoms with Gasteiger partial charge in [0.05, 0.1) is 0 Å². The van der Waals surface area contributed by atoms with Gasteiger partial charge in [-0.05, 0) is 18.4 Å². The number of hydrogen-bond acceptors (Lipinski definition) is 2. The Morgan fingerprint density at radius 1 is 1.33 bits per heavy atom. The summed E-state index contributed by atoms with van der Waals surface area (Å²) < 4.78 is 37.4. The molecule has 1 N–H and O–H groups in total. The normalized spacial score (nSPS) is 18.9. The molecule has 1 heterocycles. The van der Waals surface area contributed by atoms with Gasteiger partial charge in [-0.2, -0.15) is 13.2 Å². The van der Waals surface area contributed by atoms with E-state index in [0.717, 1.165) is 19.6 Å². The number of nitrogens with zero attached hydrogens (tertiary/aromatic N) is 1. The molecule has 0 saturated heterocycles. The first-order valence-electron chi connectivity index (χ1n) is 6.44. The molecule has 1 aliphatic heterocycles. The molecule has 106 valence electrons. The summed E-state index contributed by atoms with van der Waals surface area (Å²) in [5.41, 5.74) is -0.289. The van der Waals surface area contributed by atoms with Gasteiger partial charge in [0, 0.05) is 31.8 Å². The molecule has 0 aromatic carbocycles. The smallest absolute Gasteiger partial charge is 0.316 e. The Bertz CT molecular complexity index is 295. The molecule has 0 aliphatic carbocycles. The average molecular weight is 264 g/mol. The SMILES string of the molecule is CCNCC(C)(C)CN1CC=C(C(F)(F)F)CC1. The van der Waals surface area contributed by atoms with E-state index in [4.69, 9.17) is 0 Å². The zero-order valence-corrected chi connectivity index (χ0v) is 11.4. The molecule has 0 atom stereocenters. The van der Waals surface area contributed by atoms with Crippen LogP contribution < -0.4 is 5.32 Å². The van der Waals surface area contributed by atoms with Crippen LogP contribution in [0.5, 0.6) is 0 Å². The van der Waals surface area contributed by atoms with E-state index in [2.05, 4.69) is 31.0 Å². The van der Waals surface area contributed by atoms with Gasteiger partial charge in [-0.25, -0.2) is 0 Å². The van der Waals surface area contributed by atoms with E-state index in [1.165, 1.54) is 6.08 Å². The lowest BCUT2D eigenvalue weighted by Gasteiger charge is -2.34. The van der Waals surface area contributed by atoms with Crippen LogP contribution in [0.4, 0.5) is 13.2 Å². The summed E-state index contributed by atoms with van der Waals surface area (Å²) in [6.07, 6.45) is -2.71. The van der Waals surface area contributed by atoms with Crippen LogP contribution in [-0.2, 0) is 0 Å². The van der Waals surface area contributed by atoms with E-state index < -0.39 is 6.18 Å². The van der Waals surface area contributed by atoms with E-state index >= 15 is 0 Å². The Kier molecular flexibility index (Phi) is 5.22. The maximum absolute atomic E-state index is 12.5. The molecule has 0 aromatic heterocycles. The molecule has 0 spiro atoms. The Labute approximate surface area is 107 Å². The minimum absolute atomic E-state index is 0.0829. The molecule has 1 aliphatic rings. The zero-order valence-electron chi connectivity index (χ0n) is 11.4. The second-order valence-corrected chi connectivity index (χ2v) is 5.66. The lowest BCUT2D eigenvalue weighted by molar-refractivity contribution is -0.0962. The molecule has 0 aromatic rings. The molecule has 0 saturated carbocycles. The van der Waals surface area contributed by atoms with Crippen molar-refractivity contribution in [2.24, 2.45) is 5.41 Å². The van der Waals surface area contributed by atoms with Gasteiger partial charge in [0.15, 0.2) is 0 Å². The van der Waals surface area contributed by atoms with Gasteiger partial charge >= 0.3 is 6.18 Å². The summed E-state index contributed by atoms with van der Waals surface area (Å²) in [7, 11) is 0. The number of hydrogen-bond donors (Lipinski definition) is 1. The highest BCUT2D eigenvalue weighted by Gasteiger charge is 2.35. The predicted octanol–water partition coefficient (Wildman–Crippen LogP) is 2.82. The molecule has 0 radical (unpaired) electrons. The van der Waals surface area contributed by atoms with Crippen LogP contribution in [0.3, 0.4) is 0 Å². The quantitative estimate of drug-likeness (QED) is 0.768. The zero-order chi connectivity index (χ0) is 13.8. The predicted molar refractivity (Wildman–Crippen MR) is 67.5 cm³/mol. The van der Waals surface area contributed by atoms with Gasteiger partial charge in [-0.15, -0.1) is 0 Å². The van der Waals surface area contributed by atoms with Gasteiger partial charge in [0.1, 0.15) is 0 Å². The van der Waals surface area contributed by atoms with Gasteiger partial charge in [-0.1, -0.05) is 26.8 Å². The van der Waals surface area contributed by atoms with E-state index in [0.29, 0.717) is 13.1 Å². The average Bonchev–Trinajstić information content (AvgIpc) is 2.25. The summed E-state index contributed by atoms with van der Waals surface area (Å²) in [5, 5.41) is 3.29. The van der Waals surface area contributed by atoms with Crippen molar-refractivity contribution in [2.75, 3.05) is 32.7 Å². The van der Waals surface area contributed by atoms with Crippen LogP contribution in [-0.4, -0.2) is 43.8 Å². The molecule has 0 fully saturated rings. The molecule has 5 heteroatoms. The molecular formula is C13H23F3N2. The molecule has 0 unspecified atom stereocenters. The molecule has 0 amide bonds. The maximum atomic E-state index is 12.5. The Morgan fingerprint density at radius 3 is 2.44 bits per heavy atom. The molecule has 18 heavy (non-hydrogen) atoms. The molecular weight excluding hydrogens is 241 g/mol. The topological polar surface area (TPSA) is 15.3 Å². The molecule has 1 rings (SSSR count). The second-order valence-electron chi connectivity index (χ2n) is 5.66. The van der Waals surface area contributed by atoms with Crippen molar-refractivity contribution >= 4 is 0 Å². The fourth-order valence-electron chi connectivity index (χ4n) is 2.24. The van der Waals surface area contributed by atoms with E-state index in [1.54, 1.807) is 0 Å². The summed E-state index contributed by atoms with van der Waals surface area (Å²) in [4.78, 5) is 2.09. The summed E-state index contributed by atoms with van der Waals surface area (Å²) in [6.45, 7) is 9.86. The van der Waals surface area contributed by atoms with Crippen molar-refractivity contribution in [1.82, 2.24) is 10.2 Å². The lowest BCUT2D eigenvalue weighted by Crippen LogP contribution is -2.42. The first-order valence-corrected chi connectivity index (χ1v) is 6.44. The van der Waals surface area contributed by atoms with Crippen LogP contribution in [0.25, 0.3) is 0 Å². The summed E-state index contributed by atoms with van der Waals surface area (Å²) >= 11 is 0. The van der Waals surface area contributed by atoms with Crippen LogP contribution in [0.1, 0.15) is 27.2 Å². The minimum atomic E-state index is -4.15. The van der Waals surface area contributed by atoms with Crippen LogP contribution in [0.2, 0.25) is 0 Å². The minimum Gasteiger partial charge on any atom is -0.316 e. The third kappa shape index (κ3) is 4.98. The largest absolute Gasteiger partial charge is 0.412 e. The van der Waals surface area contributed by atoms with Gasteiger partial charge in [-0.3, -0.25) is 4.90 Å². The highest BCUT2D eigenvalue weighted by Crippen LogP contribution is 2.30. The second kappa shape index (κ2) is 6.06. The molecule has 0 bridgehead atoms. The van der Waals surface area contributed by atoms with Gasteiger partial charge in [0.2, 0.25) is 0 Å². The van der Waals surface area contributed by atoms with Gasteiger partial charge in [0.25, 0.3) is 0 Å². The van der Waals surface area contributed by atoms with Crippen molar-refractivity contribution in [3.05, 3.63) is 11.6 Å². The van der Waals surface area contributed by atoms with Gasteiger partial charge < -0.3 is 5.32 Å². The summed E-state index contributed by atoms with van der Waals surface area (Å²) in [6, 6.07) is 0. The van der Waals surface area contributed by atoms with E-state index in [9.17, 15) is 13.2 Å². The van der Waals surface area contributed by atoms with E-state index in [1.807, 2.05) is 0 Å². The van der Waals surface area contributed by atoms with Crippen molar-refractivity contribution in [1.29, 1.82) is 0 Å². The molecule has 2 nitrogen and oxygen atoms in total. The van der Waals surface area contributed by atoms with Crippen LogP contribution >= 0.6 is 0 Å². The number of rotatable bonds is 5. The Balaban J connectivity index is 2.46. The highest BCUT2D eigenvalue weighted by molar-refractivity contribution is 5.13. The number of alkyl halides is 3. The van der Waals surface area contributed by atoms with Crippen LogP contribution in [0, 0.1) is 5.41 Å². The first-order chi connectivity index (χ1) is 8.24. The Morgan fingerprint density at radius 2 is 2.00 bits per heavy atom. The fraction of sp³-hybridized carbons (Fsp3) is 0.846. The number of nitrogens with one attached hydrogen (secondary N) is 1. The third-order valence-corrected chi connectivity index (χ3v) is 3.16. The van der Waals surface area contributed by atoms with Crippen molar-refractivity contribution in [2.45, 2.75) is 33.4 Å². The first kappa shape index (κ1) is 15.5. The third-order valence-electron chi connectivity index (χ3n) is 3.16. The highest BCUT2D eigenvalue weighted by atomic mass is 19.4. The monoisotopic (exact) mass is 264 g/mol. The number of halogens is 3. The fourth-order valence-corrected chi connectivity index (χ4v) is 2.24. The van der Waals surface area contributed by atoms with Crippen molar-refractivity contribution in [3.8, 4) is 0 Å². The Hall–Kier alpha value is -0.550. The lowest BCUT2D eigenvalue weighted by atomic mass is 9.91.